The van der Waals surface area contributed by atoms with Crippen molar-refractivity contribution in [2.45, 2.75) is 38.5 Å². The molecule has 1 fully saturated rings. The lowest BCUT2D eigenvalue weighted by atomic mass is 9.76. The molecule has 0 saturated heterocycles. The van der Waals surface area contributed by atoms with Crippen LogP contribution in [-0.2, 0) is 20.8 Å². The van der Waals surface area contributed by atoms with E-state index in [0.717, 1.165) is 18.4 Å². The van der Waals surface area contributed by atoms with Crippen LogP contribution in [0.2, 0.25) is 0 Å². The maximum Gasteiger partial charge on any atom is 0.311 e. The Hall–Kier alpha value is -2.81. The first-order valence-electron chi connectivity index (χ1n) is 11.2. The molecule has 2 amide bonds. The highest BCUT2D eigenvalue weighted by Crippen LogP contribution is 2.43. The first kappa shape index (κ1) is 23.8. The molecule has 1 saturated carbocycles. The van der Waals surface area contributed by atoms with Crippen LogP contribution in [0.15, 0.2) is 18.2 Å². The van der Waals surface area contributed by atoms with Crippen molar-refractivity contribution in [2.75, 3.05) is 39.9 Å². The number of methoxy groups -OCH3 is 1. The first-order chi connectivity index (χ1) is 15.4. The van der Waals surface area contributed by atoms with Crippen LogP contribution in [0.3, 0.4) is 0 Å². The number of fused-ring (bicyclic) bond motifs is 2. The molecule has 9 heteroatoms. The largest absolute Gasteiger partial charge is 0.493 e. The topological polar surface area (TPSA) is 126 Å². The minimum absolute atomic E-state index is 0.0791. The summed E-state index contributed by atoms with van der Waals surface area (Å²) < 4.78 is 11.0. The number of carbonyl (C=O) groups is 3. The van der Waals surface area contributed by atoms with Crippen LogP contribution < -0.4 is 25.4 Å². The van der Waals surface area contributed by atoms with Crippen LogP contribution in [-0.4, -0.2) is 62.8 Å². The normalized spacial score (nSPS) is 23.7. The van der Waals surface area contributed by atoms with Gasteiger partial charge in [0.15, 0.2) is 18.1 Å². The number of carboxylic acids is 1. The molecule has 9 nitrogen and oxygen atoms in total. The molecule has 1 aromatic rings. The molecule has 1 atom stereocenters. The van der Waals surface area contributed by atoms with Gasteiger partial charge >= 0.3 is 5.97 Å². The highest BCUT2D eigenvalue weighted by Gasteiger charge is 2.43. The molecule has 1 unspecified atom stereocenters. The quantitative estimate of drug-likeness (QED) is 0.545. The lowest BCUT2D eigenvalue weighted by Crippen LogP contribution is -2.45. The van der Waals surface area contributed by atoms with Crippen LogP contribution in [0.1, 0.15) is 37.7 Å². The Balaban J connectivity index is 1.86. The van der Waals surface area contributed by atoms with E-state index in [1.165, 1.54) is 7.11 Å². The summed E-state index contributed by atoms with van der Waals surface area (Å²) in [7, 11) is 1.51. The van der Waals surface area contributed by atoms with E-state index in [4.69, 9.17) is 9.47 Å². The van der Waals surface area contributed by atoms with E-state index in [0.29, 0.717) is 56.3 Å². The second kappa shape index (κ2) is 11.2. The zero-order valence-electron chi connectivity index (χ0n) is 18.6. The average Bonchev–Trinajstić information content (AvgIpc) is 3.58. The van der Waals surface area contributed by atoms with Gasteiger partial charge in [0.25, 0.3) is 5.91 Å². The van der Waals surface area contributed by atoms with E-state index in [1.54, 1.807) is 12.1 Å². The number of carbonyl (C=O) groups excluding carboxylic acids is 2. The van der Waals surface area contributed by atoms with E-state index in [2.05, 4.69) is 16.0 Å². The molecule has 2 bridgehead atoms. The number of hydrogen-bond donors (Lipinski definition) is 4. The third-order valence-corrected chi connectivity index (χ3v) is 5.96. The predicted octanol–water partition coefficient (Wildman–Crippen LogP) is 1.10. The molecule has 176 valence electrons. The summed E-state index contributed by atoms with van der Waals surface area (Å²) in [6.45, 7) is 1.58. The molecule has 0 spiro atoms. The van der Waals surface area contributed by atoms with Crippen molar-refractivity contribution < 1.29 is 29.0 Å². The Kier molecular flexibility index (Phi) is 8.33. The smallest absolute Gasteiger partial charge is 0.311 e. The summed E-state index contributed by atoms with van der Waals surface area (Å²) in [5.41, 5.74) is -0.354. The highest BCUT2D eigenvalue weighted by molar-refractivity contribution is 5.79. The number of rotatable bonds is 4. The second-order valence-electron chi connectivity index (χ2n) is 8.66. The molecular weight excluding hydrogens is 414 g/mol. The average molecular weight is 448 g/mol. The third-order valence-electron chi connectivity index (χ3n) is 5.96. The van der Waals surface area contributed by atoms with Gasteiger partial charge in [-0.2, -0.15) is 0 Å². The van der Waals surface area contributed by atoms with Crippen molar-refractivity contribution in [1.29, 1.82) is 0 Å². The predicted molar refractivity (Wildman–Crippen MR) is 118 cm³/mol. The highest BCUT2D eigenvalue weighted by atomic mass is 16.5. The van der Waals surface area contributed by atoms with Crippen molar-refractivity contribution in [2.24, 2.45) is 11.3 Å². The maximum absolute atomic E-state index is 12.5. The number of ether oxygens (including phenoxy) is 2. The number of aliphatic carboxylic acids is 1. The van der Waals surface area contributed by atoms with Crippen LogP contribution >= 0.6 is 0 Å². The van der Waals surface area contributed by atoms with E-state index >= 15 is 0 Å². The van der Waals surface area contributed by atoms with Gasteiger partial charge < -0.3 is 30.5 Å². The number of nitrogens with one attached hydrogen (secondary N) is 3. The number of hydrogen-bond acceptors (Lipinski definition) is 6. The van der Waals surface area contributed by atoms with Crippen LogP contribution in [0.25, 0.3) is 0 Å². The van der Waals surface area contributed by atoms with Crippen molar-refractivity contribution in [1.82, 2.24) is 16.0 Å². The third kappa shape index (κ3) is 6.85. The minimum Gasteiger partial charge on any atom is -0.493 e. The standard InChI is InChI=1S/C23H33N3O6/c1-31-18-7-6-17-11-19(18)32-14-21(28)25-10-9-24-8-2-3-20(27)26-15-23(13-17,22(29)30)12-16-4-5-16/h6-7,11,16,24H,2-5,8-10,12-15H2,1H3,(H,25,28)(H,26,27)(H,29,30). The fraction of sp³-hybridized carbons (Fsp3) is 0.609. The molecule has 0 radical (unpaired) electrons. The molecule has 1 heterocycles. The summed E-state index contributed by atoms with van der Waals surface area (Å²) in [5.74, 6) is -0.112. The summed E-state index contributed by atoms with van der Waals surface area (Å²) in [6, 6.07) is 5.25. The van der Waals surface area contributed by atoms with Gasteiger partial charge in [-0.1, -0.05) is 18.9 Å². The molecule has 1 aliphatic carbocycles. The van der Waals surface area contributed by atoms with Gasteiger partial charge in [0.05, 0.1) is 12.5 Å². The molecule has 1 aromatic carbocycles. The lowest BCUT2D eigenvalue weighted by Gasteiger charge is -2.30. The van der Waals surface area contributed by atoms with Gasteiger partial charge in [0, 0.05) is 26.1 Å². The summed E-state index contributed by atoms with van der Waals surface area (Å²) in [6.07, 6.45) is 3.73. The second-order valence-corrected chi connectivity index (χ2v) is 8.66. The molecule has 0 aromatic heterocycles. The van der Waals surface area contributed by atoms with Crippen LogP contribution in [0.4, 0.5) is 0 Å². The van der Waals surface area contributed by atoms with Crippen LogP contribution in [0.5, 0.6) is 11.5 Å². The van der Waals surface area contributed by atoms with Crippen molar-refractivity contribution in [3.63, 3.8) is 0 Å². The van der Waals surface area contributed by atoms with E-state index < -0.39 is 11.4 Å². The molecule has 1 aliphatic heterocycles. The van der Waals surface area contributed by atoms with Gasteiger partial charge in [-0.3, -0.25) is 14.4 Å². The Labute approximate surface area is 188 Å². The zero-order chi connectivity index (χ0) is 23.0. The Morgan fingerprint density at radius 1 is 1.19 bits per heavy atom. The Bertz CT molecular complexity index is 826. The molecule has 32 heavy (non-hydrogen) atoms. The summed E-state index contributed by atoms with van der Waals surface area (Å²) in [5, 5.41) is 19.0. The van der Waals surface area contributed by atoms with E-state index in [1.807, 2.05) is 6.07 Å². The number of amides is 2. The Morgan fingerprint density at radius 2 is 2.00 bits per heavy atom. The minimum atomic E-state index is -1.11. The van der Waals surface area contributed by atoms with E-state index in [9.17, 15) is 19.5 Å². The fourth-order valence-electron chi connectivity index (χ4n) is 3.99. The Morgan fingerprint density at radius 3 is 2.72 bits per heavy atom. The lowest BCUT2D eigenvalue weighted by molar-refractivity contribution is -0.149. The first-order valence-corrected chi connectivity index (χ1v) is 11.2. The van der Waals surface area contributed by atoms with Crippen molar-refractivity contribution in [3.05, 3.63) is 23.8 Å². The number of benzene rings is 1. The van der Waals surface area contributed by atoms with Gasteiger partial charge in [-0.25, -0.2) is 0 Å². The maximum atomic E-state index is 12.5. The van der Waals surface area contributed by atoms with Crippen molar-refractivity contribution in [3.8, 4) is 11.5 Å². The van der Waals surface area contributed by atoms with Crippen LogP contribution in [0, 0.1) is 11.3 Å². The van der Waals surface area contributed by atoms with Gasteiger partial charge in [-0.15, -0.1) is 0 Å². The van der Waals surface area contributed by atoms with Crippen molar-refractivity contribution >= 4 is 17.8 Å². The molecular formula is C23H33N3O6. The summed E-state index contributed by atoms with van der Waals surface area (Å²) >= 11 is 0. The van der Waals surface area contributed by atoms with E-state index in [-0.39, 0.29) is 31.4 Å². The zero-order valence-corrected chi connectivity index (χ0v) is 18.6. The van der Waals surface area contributed by atoms with Gasteiger partial charge in [-0.05, 0) is 49.4 Å². The van der Waals surface area contributed by atoms with Gasteiger partial charge in [0.2, 0.25) is 5.91 Å². The molecule has 4 N–H and O–H groups in total. The SMILES string of the molecule is COc1ccc2cc1OCC(=O)NCCNCCCC(=O)NCC(CC1CC1)(C(=O)O)C2. The monoisotopic (exact) mass is 447 g/mol. The molecule has 2 aliphatic rings. The summed E-state index contributed by atoms with van der Waals surface area (Å²) in [4.78, 5) is 36.9. The van der Waals surface area contributed by atoms with Gasteiger partial charge in [0.1, 0.15) is 0 Å². The number of carboxylic acid groups (broad SMARTS) is 1. The fourth-order valence-corrected chi connectivity index (χ4v) is 3.99. The molecule has 3 rings (SSSR count).